The van der Waals surface area contributed by atoms with Crippen LogP contribution in [0.5, 0.6) is 5.75 Å². The van der Waals surface area contributed by atoms with Crippen LogP contribution in [0.15, 0.2) is 78.9 Å². The second-order valence-corrected chi connectivity index (χ2v) is 9.96. The Morgan fingerprint density at radius 3 is 2.35 bits per heavy atom. The van der Waals surface area contributed by atoms with E-state index in [2.05, 4.69) is 21.4 Å². The fourth-order valence-corrected chi connectivity index (χ4v) is 4.63. The molecular weight excluding hydrogens is 570 g/mol. The van der Waals surface area contributed by atoms with Gasteiger partial charge >= 0.3 is 12.3 Å². The maximum Gasteiger partial charge on any atom is 0.573 e. The second-order valence-electron chi connectivity index (χ2n) is 9.96. The highest BCUT2D eigenvalue weighted by Gasteiger charge is 2.31. The number of hydrogen-bond donors (Lipinski definition) is 4. The van der Waals surface area contributed by atoms with Gasteiger partial charge in [-0.05, 0) is 78.8 Å². The number of carbonyl (C=O) groups is 2. The normalized spacial score (nSPS) is 14.7. The molecule has 0 saturated carbocycles. The zero-order valence-corrected chi connectivity index (χ0v) is 23.0. The van der Waals surface area contributed by atoms with Crippen LogP contribution in [0.3, 0.4) is 0 Å². The first-order chi connectivity index (χ1) is 20.5. The lowest BCUT2D eigenvalue weighted by molar-refractivity contribution is -0.274. The van der Waals surface area contributed by atoms with Crippen LogP contribution in [0.25, 0.3) is 5.57 Å². The standard InChI is InChI=1S/C31H31F4N3O5/c32-27(29(40)41)18-36-28(39)23-11-9-20(10-12-23)19-38(25-15-13-22(14-16-25)21-5-2-1-3-6-21)30(42)37-24-7-4-8-26(17-24)43-31(33,34)35/h4-5,7-17,27,30,37,42H,1-3,6,18-19H2,(H,36,39)(H,40,41). The Labute approximate surface area is 245 Å². The summed E-state index contributed by atoms with van der Waals surface area (Å²) in [5, 5.41) is 24.9. The number of aliphatic hydroxyl groups excluding tert-OH is 1. The van der Waals surface area contributed by atoms with Crippen LogP contribution >= 0.6 is 0 Å². The van der Waals surface area contributed by atoms with Gasteiger partial charge in [0.25, 0.3) is 5.91 Å². The van der Waals surface area contributed by atoms with Crippen molar-refractivity contribution >= 4 is 28.8 Å². The fourth-order valence-electron chi connectivity index (χ4n) is 4.63. The number of halogens is 4. The molecule has 2 atom stereocenters. The third kappa shape index (κ3) is 9.20. The van der Waals surface area contributed by atoms with Crippen LogP contribution in [0.1, 0.15) is 47.2 Å². The summed E-state index contributed by atoms with van der Waals surface area (Å²) in [5.74, 6) is -2.77. The van der Waals surface area contributed by atoms with Gasteiger partial charge < -0.3 is 30.5 Å². The van der Waals surface area contributed by atoms with Gasteiger partial charge in [-0.3, -0.25) is 4.79 Å². The number of carbonyl (C=O) groups excluding carboxylic acids is 1. The summed E-state index contributed by atoms with van der Waals surface area (Å²) in [6.07, 6.45) is -2.00. The Bertz CT molecular complexity index is 1430. The zero-order valence-electron chi connectivity index (χ0n) is 23.0. The predicted octanol–water partition coefficient (Wildman–Crippen LogP) is 6.09. The van der Waals surface area contributed by atoms with Crippen molar-refractivity contribution in [3.63, 3.8) is 0 Å². The van der Waals surface area contributed by atoms with Gasteiger partial charge in [-0.15, -0.1) is 13.2 Å². The summed E-state index contributed by atoms with van der Waals surface area (Å²) in [5.41, 5.74) is 3.96. The van der Waals surface area contributed by atoms with E-state index in [-0.39, 0.29) is 17.8 Å². The number of hydrogen-bond acceptors (Lipinski definition) is 6. The number of ether oxygens (including phenoxy) is 1. The summed E-state index contributed by atoms with van der Waals surface area (Å²) >= 11 is 0. The molecule has 2 unspecified atom stereocenters. The van der Waals surface area contributed by atoms with Gasteiger partial charge in [0.15, 0.2) is 0 Å². The van der Waals surface area contributed by atoms with Gasteiger partial charge in [0.2, 0.25) is 12.5 Å². The number of nitrogens with zero attached hydrogens (tertiary/aromatic N) is 1. The van der Waals surface area contributed by atoms with E-state index in [0.29, 0.717) is 11.3 Å². The van der Waals surface area contributed by atoms with Crippen LogP contribution in [0.4, 0.5) is 28.9 Å². The first-order valence-electron chi connectivity index (χ1n) is 13.6. The topological polar surface area (TPSA) is 111 Å². The summed E-state index contributed by atoms with van der Waals surface area (Å²) in [6.45, 7) is -0.550. The van der Waals surface area contributed by atoms with E-state index < -0.39 is 43.1 Å². The molecule has 4 N–H and O–H groups in total. The van der Waals surface area contributed by atoms with E-state index in [9.17, 15) is 32.3 Å². The van der Waals surface area contributed by atoms with E-state index in [4.69, 9.17) is 5.11 Å². The van der Waals surface area contributed by atoms with Crippen molar-refractivity contribution in [1.29, 1.82) is 0 Å². The molecule has 228 valence electrons. The highest BCUT2D eigenvalue weighted by atomic mass is 19.4. The lowest BCUT2D eigenvalue weighted by Crippen LogP contribution is -2.40. The Morgan fingerprint density at radius 1 is 1.00 bits per heavy atom. The lowest BCUT2D eigenvalue weighted by atomic mass is 9.93. The first-order valence-corrected chi connectivity index (χ1v) is 13.6. The van der Waals surface area contributed by atoms with Crippen molar-refractivity contribution in [1.82, 2.24) is 5.32 Å². The molecule has 3 aromatic rings. The molecular formula is C31H31F4N3O5. The minimum Gasteiger partial charge on any atom is -0.479 e. The third-order valence-corrected chi connectivity index (χ3v) is 6.80. The molecule has 0 radical (unpaired) electrons. The van der Waals surface area contributed by atoms with Crippen LogP contribution < -0.4 is 20.3 Å². The number of allylic oxidation sites excluding steroid dienone is 2. The van der Waals surface area contributed by atoms with Crippen LogP contribution in [0, 0.1) is 0 Å². The maximum atomic E-state index is 13.3. The number of amides is 1. The second kappa shape index (κ2) is 14.1. The molecule has 8 nitrogen and oxygen atoms in total. The van der Waals surface area contributed by atoms with E-state index in [0.717, 1.165) is 43.4 Å². The molecule has 0 bridgehead atoms. The van der Waals surface area contributed by atoms with E-state index >= 15 is 0 Å². The van der Waals surface area contributed by atoms with Gasteiger partial charge in [-0.2, -0.15) is 0 Å². The summed E-state index contributed by atoms with van der Waals surface area (Å²) in [4.78, 5) is 24.5. The Hall–Kier alpha value is -4.58. The highest BCUT2D eigenvalue weighted by Crippen LogP contribution is 2.30. The van der Waals surface area contributed by atoms with Crippen LogP contribution in [-0.4, -0.2) is 47.5 Å². The van der Waals surface area contributed by atoms with Crippen LogP contribution in [0.2, 0.25) is 0 Å². The van der Waals surface area contributed by atoms with Crippen molar-refractivity contribution < 1.29 is 42.1 Å². The molecule has 4 rings (SSSR count). The molecule has 0 saturated heterocycles. The smallest absolute Gasteiger partial charge is 0.479 e. The molecule has 1 amide bonds. The monoisotopic (exact) mass is 601 g/mol. The fraction of sp³-hybridized carbons (Fsp3) is 0.290. The maximum absolute atomic E-state index is 13.3. The van der Waals surface area contributed by atoms with Gasteiger partial charge in [-0.1, -0.05) is 36.4 Å². The number of rotatable bonds is 12. The van der Waals surface area contributed by atoms with Crippen molar-refractivity contribution in [3.8, 4) is 5.75 Å². The minimum atomic E-state index is -4.87. The Balaban J connectivity index is 1.53. The molecule has 3 aromatic carbocycles. The van der Waals surface area contributed by atoms with E-state index in [1.54, 1.807) is 17.0 Å². The van der Waals surface area contributed by atoms with Crippen molar-refractivity contribution in [2.75, 3.05) is 16.8 Å². The first kappa shape index (κ1) is 31.4. The van der Waals surface area contributed by atoms with Gasteiger partial charge in [-0.25, -0.2) is 9.18 Å². The number of benzene rings is 3. The largest absolute Gasteiger partial charge is 0.573 e. The van der Waals surface area contributed by atoms with Gasteiger partial charge in [0.1, 0.15) is 5.75 Å². The molecule has 0 aromatic heterocycles. The average molecular weight is 602 g/mol. The molecule has 0 aliphatic heterocycles. The van der Waals surface area contributed by atoms with Gasteiger partial charge in [0.05, 0.1) is 6.54 Å². The minimum absolute atomic E-state index is 0.127. The summed E-state index contributed by atoms with van der Waals surface area (Å²) in [6, 6.07) is 18.9. The zero-order chi connectivity index (χ0) is 31.0. The third-order valence-electron chi connectivity index (χ3n) is 6.80. The van der Waals surface area contributed by atoms with Gasteiger partial charge in [0, 0.05) is 29.5 Å². The molecule has 0 spiro atoms. The van der Waals surface area contributed by atoms with Crippen molar-refractivity contribution in [3.05, 3.63) is 95.6 Å². The van der Waals surface area contributed by atoms with Crippen molar-refractivity contribution in [2.45, 2.75) is 51.1 Å². The summed E-state index contributed by atoms with van der Waals surface area (Å²) < 4.78 is 55.4. The Morgan fingerprint density at radius 2 is 1.72 bits per heavy atom. The molecule has 0 heterocycles. The van der Waals surface area contributed by atoms with Crippen LogP contribution in [-0.2, 0) is 11.3 Å². The molecule has 1 aliphatic rings. The Kier molecular flexibility index (Phi) is 10.3. The van der Waals surface area contributed by atoms with E-state index in [1.807, 2.05) is 24.3 Å². The average Bonchev–Trinajstić information content (AvgIpc) is 2.98. The number of anilines is 2. The molecule has 12 heteroatoms. The summed E-state index contributed by atoms with van der Waals surface area (Å²) in [7, 11) is 0. The number of nitrogens with one attached hydrogen (secondary N) is 2. The lowest BCUT2D eigenvalue weighted by Gasteiger charge is -2.31. The van der Waals surface area contributed by atoms with Crippen molar-refractivity contribution in [2.24, 2.45) is 0 Å². The number of aliphatic hydroxyl groups is 1. The predicted molar refractivity (Wildman–Crippen MR) is 153 cm³/mol. The molecule has 1 aliphatic carbocycles. The molecule has 43 heavy (non-hydrogen) atoms. The number of carboxylic acid groups (broad SMARTS) is 1. The highest BCUT2D eigenvalue weighted by molar-refractivity contribution is 5.94. The molecule has 0 fully saturated rings. The number of aliphatic carboxylic acids is 1. The number of alkyl halides is 4. The SMILES string of the molecule is O=C(NCC(F)C(=O)O)c1ccc(CN(c2ccc(C3=CCCCC3)cc2)C(O)Nc2cccc(OC(F)(F)F)c2)cc1. The van der Waals surface area contributed by atoms with E-state index in [1.165, 1.54) is 29.8 Å². The number of carboxylic acids is 1. The quantitative estimate of drug-likeness (QED) is 0.147.